The summed E-state index contributed by atoms with van der Waals surface area (Å²) >= 11 is 0. The summed E-state index contributed by atoms with van der Waals surface area (Å²) in [6.07, 6.45) is 15.0. The van der Waals surface area contributed by atoms with Gasteiger partial charge in [-0.2, -0.15) is 0 Å². The number of nitrogens with one attached hydrogen (secondary N) is 1. The predicted molar refractivity (Wildman–Crippen MR) is 70.6 cm³/mol. The van der Waals surface area contributed by atoms with Gasteiger partial charge in [-0.05, 0) is 51.0 Å². The van der Waals surface area contributed by atoms with Crippen LogP contribution in [0.15, 0.2) is 11.6 Å². The molecule has 0 spiro atoms. The Kier molecular flexibility index (Phi) is 4.90. The van der Waals surface area contributed by atoms with Gasteiger partial charge in [-0.15, -0.1) is 0 Å². The molecule has 0 saturated heterocycles. The average Bonchev–Trinajstić information content (AvgIpc) is 2.83. The molecule has 0 radical (unpaired) electrons. The quantitative estimate of drug-likeness (QED) is 0.691. The van der Waals surface area contributed by atoms with E-state index in [1.54, 1.807) is 5.57 Å². The van der Waals surface area contributed by atoms with Crippen molar-refractivity contribution >= 4 is 0 Å². The maximum Gasteiger partial charge on any atom is 0.00953 e. The molecule has 1 nitrogen and oxygen atoms in total. The summed E-state index contributed by atoms with van der Waals surface area (Å²) in [4.78, 5) is 0. The molecule has 2 unspecified atom stereocenters. The zero-order valence-corrected chi connectivity index (χ0v) is 10.8. The Morgan fingerprint density at radius 3 is 2.88 bits per heavy atom. The molecule has 2 aliphatic rings. The Morgan fingerprint density at radius 1 is 1.25 bits per heavy atom. The summed E-state index contributed by atoms with van der Waals surface area (Å²) in [6, 6.07) is 0.820. The first-order chi connectivity index (χ1) is 7.90. The Morgan fingerprint density at radius 2 is 2.12 bits per heavy atom. The van der Waals surface area contributed by atoms with Gasteiger partial charge < -0.3 is 5.32 Å². The van der Waals surface area contributed by atoms with Crippen molar-refractivity contribution in [1.29, 1.82) is 0 Å². The predicted octanol–water partition coefficient (Wildman–Crippen LogP) is 4.05. The molecule has 2 rings (SSSR count). The van der Waals surface area contributed by atoms with Crippen LogP contribution in [0.1, 0.15) is 64.7 Å². The molecule has 0 aliphatic heterocycles. The summed E-state index contributed by atoms with van der Waals surface area (Å²) in [7, 11) is 0. The minimum Gasteiger partial charge on any atom is -0.313 e. The molecule has 0 amide bonds. The van der Waals surface area contributed by atoms with Crippen LogP contribution in [0, 0.1) is 5.92 Å². The SMILES string of the molecule is CCC1CCCCC1NCCC1=CCCC1. The molecule has 1 heteroatoms. The number of hydrogen-bond acceptors (Lipinski definition) is 1. The molecular formula is C15H27N. The lowest BCUT2D eigenvalue weighted by atomic mass is 9.83. The second-order valence-electron chi connectivity index (χ2n) is 5.52. The largest absolute Gasteiger partial charge is 0.313 e. The minimum absolute atomic E-state index is 0.820. The fourth-order valence-electron chi connectivity index (χ4n) is 3.35. The van der Waals surface area contributed by atoms with Crippen molar-refractivity contribution in [3.8, 4) is 0 Å². The number of hydrogen-bond donors (Lipinski definition) is 1. The molecule has 1 N–H and O–H groups in total. The molecule has 0 aromatic heterocycles. The zero-order chi connectivity index (χ0) is 11.2. The van der Waals surface area contributed by atoms with Gasteiger partial charge in [-0.25, -0.2) is 0 Å². The minimum atomic E-state index is 0.820. The maximum atomic E-state index is 3.81. The summed E-state index contributed by atoms with van der Waals surface area (Å²) in [5.74, 6) is 0.950. The van der Waals surface area contributed by atoms with Crippen molar-refractivity contribution in [3.05, 3.63) is 11.6 Å². The van der Waals surface area contributed by atoms with Crippen LogP contribution in [-0.4, -0.2) is 12.6 Å². The topological polar surface area (TPSA) is 12.0 Å². The molecule has 0 bridgehead atoms. The van der Waals surface area contributed by atoms with Gasteiger partial charge in [0, 0.05) is 6.04 Å². The fraction of sp³-hybridized carbons (Fsp3) is 0.867. The van der Waals surface area contributed by atoms with E-state index in [4.69, 9.17) is 0 Å². The molecule has 2 aliphatic carbocycles. The highest BCUT2D eigenvalue weighted by Crippen LogP contribution is 2.27. The molecular weight excluding hydrogens is 194 g/mol. The monoisotopic (exact) mass is 221 g/mol. The molecule has 92 valence electrons. The molecule has 2 atom stereocenters. The number of allylic oxidation sites excluding steroid dienone is 1. The van der Waals surface area contributed by atoms with Gasteiger partial charge in [0.15, 0.2) is 0 Å². The Hall–Kier alpha value is -0.300. The van der Waals surface area contributed by atoms with E-state index in [0.717, 1.165) is 12.0 Å². The van der Waals surface area contributed by atoms with Crippen LogP contribution in [0.4, 0.5) is 0 Å². The van der Waals surface area contributed by atoms with Crippen LogP contribution >= 0.6 is 0 Å². The molecule has 1 saturated carbocycles. The van der Waals surface area contributed by atoms with Gasteiger partial charge in [0.25, 0.3) is 0 Å². The molecule has 0 aromatic rings. The third-order valence-electron chi connectivity index (χ3n) is 4.42. The third kappa shape index (κ3) is 3.35. The van der Waals surface area contributed by atoms with E-state index < -0.39 is 0 Å². The van der Waals surface area contributed by atoms with Crippen molar-refractivity contribution in [2.24, 2.45) is 5.92 Å². The van der Waals surface area contributed by atoms with Crippen LogP contribution in [0.25, 0.3) is 0 Å². The van der Waals surface area contributed by atoms with Gasteiger partial charge >= 0.3 is 0 Å². The van der Waals surface area contributed by atoms with Gasteiger partial charge in [0.05, 0.1) is 0 Å². The Labute approximate surface area is 101 Å². The maximum absolute atomic E-state index is 3.81. The van der Waals surface area contributed by atoms with Crippen LogP contribution in [0.5, 0.6) is 0 Å². The van der Waals surface area contributed by atoms with E-state index in [9.17, 15) is 0 Å². The smallest absolute Gasteiger partial charge is 0.00953 e. The molecule has 0 aromatic carbocycles. The lowest BCUT2D eigenvalue weighted by Gasteiger charge is -2.31. The second kappa shape index (κ2) is 6.44. The Bertz CT molecular complexity index is 232. The first kappa shape index (κ1) is 12.2. The summed E-state index contributed by atoms with van der Waals surface area (Å²) in [6.45, 7) is 3.57. The van der Waals surface area contributed by atoms with Gasteiger partial charge in [-0.3, -0.25) is 0 Å². The van der Waals surface area contributed by atoms with E-state index in [1.165, 1.54) is 64.3 Å². The van der Waals surface area contributed by atoms with Crippen molar-refractivity contribution in [2.45, 2.75) is 70.8 Å². The molecule has 0 heterocycles. The van der Waals surface area contributed by atoms with E-state index in [-0.39, 0.29) is 0 Å². The highest BCUT2D eigenvalue weighted by Gasteiger charge is 2.22. The van der Waals surface area contributed by atoms with E-state index >= 15 is 0 Å². The van der Waals surface area contributed by atoms with Crippen molar-refractivity contribution < 1.29 is 0 Å². The van der Waals surface area contributed by atoms with Crippen LogP contribution in [0.2, 0.25) is 0 Å². The van der Waals surface area contributed by atoms with Crippen LogP contribution in [-0.2, 0) is 0 Å². The van der Waals surface area contributed by atoms with Crippen LogP contribution in [0.3, 0.4) is 0 Å². The second-order valence-corrected chi connectivity index (χ2v) is 5.52. The summed E-state index contributed by atoms with van der Waals surface area (Å²) in [5.41, 5.74) is 1.70. The standard InChI is InChI=1S/C15H27N/c1-2-14-9-5-6-10-15(14)16-12-11-13-7-3-4-8-13/h7,14-16H,2-6,8-12H2,1H3. The van der Waals surface area contributed by atoms with Gasteiger partial charge in [-0.1, -0.05) is 37.8 Å². The van der Waals surface area contributed by atoms with Crippen molar-refractivity contribution in [1.82, 2.24) is 5.32 Å². The number of rotatable bonds is 5. The van der Waals surface area contributed by atoms with Crippen molar-refractivity contribution in [2.75, 3.05) is 6.54 Å². The lowest BCUT2D eigenvalue weighted by Crippen LogP contribution is -2.38. The first-order valence-electron chi connectivity index (χ1n) is 7.31. The first-order valence-corrected chi connectivity index (χ1v) is 7.31. The fourth-order valence-corrected chi connectivity index (χ4v) is 3.35. The van der Waals surface area contributed by atoms with E-state index in [0.29, 0.717) is 0 Å². The summed E-state index contributed by atoms with van der Waals surface area (Å²) < 4.78 is 0. The van der Waals surface area contributed by atoms with Crippen molar-refractivity contribution in [3.63, 3.8) is 0 Å². The molecule has 16 heavy (non-hydrogen) atoms. The highest BCUT2D eigenvalue weighted by molar-refractivity contribution is 5.07. The van der Waals surface area contributed by atoms with E-state index in [1.807, 2.05) is 0 Å². The summed E-state index contributed by atoms with van der Waals surface area (Å²) in [5, 5.41) is 3.81. The highest BCUT2D eigenvalue weighted by atomic mass is 14.9. The van der Waals surface area contributed by atoms with Gasteiger partial charge in [0.2, 0.25) is 0 Å². The Balaban J connectivity index is 1.67. The molecule has 1 fully saturated rings. The van der Waals surface area contributed by atoms with E-state index in [2.05, 4.69) is 18.3 Å². The van der Waals surface area contributed by atoms with Crippen LogP contribution < -0.4 is 5.32 Å². The van der Waals surface area contributed by atoms with Gasteiger partial charge in [0.1, 0.15) is 0 Å². The lowest BCUT2D eigenvalue weighted by molar-refractivity contribution is 0.257. The zero-order valence-electron chi connectivity index (χ0n) is 10.8. The third-order valence-corrected chi connectivity index (χ3v) is 4.42. The average molecular weight is 221 g/mol. The normalized spacial score (nSPS) is 30.4.